The molecule has 6 heteroatoms. The van der Waals surface area contributed by atoms with Gasteiger partial charge < -0.3 is 4.74 Å². The Kier molecular flexibility index (Phi) is 3.31. The smallest absolute Gasteiger partial charge is 0.235 e. The maximum atomic E-state index is 10.8. The summed E-state index contributed by atoms with van der Waals surface area (Å²) < 4.78 is 26.8. The minimum absolute atomic E-state index is 0.0783. The topological polar surface area (TPSA) is 43.4 Å². The first-order valence-electron chi connectivity index (χ1n) is 3.53. The molecule has 1 aliphatic rings. The molecule has 1 unspecified atom stereocenters. The van der Waals surface area contributed by atoms with Crippen LogP contribution in [0.4, 0.5) is 0 Å². The average molecular weight is 231 g/mol. The molecule has 0 amide bonds. The van der Waals surface area contributed by atoms with E-state index in [0.717, 1.165) is 17.9 Å². The second kappa shape index (κ2) is 3.74. The first kappa shape index (κ1) is 10.6. The maximum Gasteiger partial charge on any atom is 0.235 e. The standard InChI is InChI=1S/C6H11ClO3S2/c1-10-6(2-3-11-4-6)5-12(7,8)9/h2-5H2,1H3. The van der Waals surface area contributed by atoms with E-state index in [1.165, 1.54) is 7.11 Å². The van der Waals surface area contributed by atoms with Gasteiger partial charge in [0, 0.05) is 23.5 Å². The summed E-state index contributed by atoms with van der Waals surface area (Å²) in [6.45, 7) is 0. The fourth-order valence-corrected chi connectivity index (χ4v) is 4.35. The molecule has 0 N–H and O–H groups in total. The minimum Gasteiger partial charge on any atom is -0.376 e. The zero-order valence-electron chi connectivity index (χ0n) is 6.75. The lowest BCUT2D eigenvalue weighted by atomic mass is 10.1. The number of ether oxygens (including phenoxy) is 1. The lowest BCUT2D eigenvalue weighted by Gasteiger charge is -2.24. The van der Waals surface area contributed by atoms with E-state index >= 15 is 0 Å². The predicted molar refractivity (Wildman–Crippen MR) is 51.3 cm³/mol. The van der Waals surface area contributed by atoms with Crippen LogP contribution in [0, 0.1) is 0 Å². The van der Waals surface area contributed by atoms with Gasteiger partial charge in [0.15, 0.2) is 0 Å². The lowest BCUT2D eigenvalue weighted by Crippen LogP contribution is -2.37. The molecule has 0 radical (unpaired) electrons. The quantitative estimate of drug-likeness (QED) is 0.681. The van der Waals surface area contributed by atoms with Gasteiger partial charge in [-0.25, -0.2) is 8.42 Å². The molecule has 1 rings (SSSR count). The lowest BCUT2D eigenvalue weighted by molar-refractivity contribution is 0.0330. The summed E-state index contributed by atoms with van der Waals surface area (Å²) >= 11 is 1.70. The molecule has 12 heavy (non-hydrogen) atoms. The summed E-state index contributed by atoms with van der Waals surface area (Å²) in [6, 6.07) is 0. The molecule has 0 aliphatic carbocycles. The Labute approximate surface area is 81.2 Å². The van der Waals surface area contributed by atoms with E-state index in [-0.39, 0.29) is 5.75 Å². The Morgan fingerprint density at radius 3 is 2.67 bits per heavy atom. The highest BCUT2D eigenvalue weighted by atomic mass is 35.7. The summed E-state index contributed by atoms with van der Waals surface area (Å²) in [5.41, 5.74) is -0.536. The molecule has 0 aromatic heterocycles. The molecule has 3 nitrogen and oxygen atoms in total. The van der Waals surface area contributed by atoms with E-state index in [1.807, 2.05) is 0 Å². The molecule has 1 aliphatic heterocycles. The molecule has 1 heterocycles. The van der Waals surface area contributed by atoms with E-state index in [9.17, 15) is 8.42 Å². The van der Waals surface area contributed by atoms with Gasteiger partial charge in [-0.05, 0) is 12.2 Å². The van der Waals surface area contributed by atoms with Gasteiger partial charge in [0.1, 0.15) is 0 Å². The Morgan fingerprint density at radius 2 is 2.33 bits per heavy atom. The summed E-state index contributed by atoms with van der Waals surface area (Å²) in [5, 5.41) is 0. The van der Waals surface area contributed by atoms with Gasteiger partial charge in [-0.1, -0.05) is 0 Å². The second-order valence-electron chi connectivity index (χ2n) is 2.87. The number of thioether (sulfide) groups is 1. The van der Waals surface area contributed by atoms with Crippen molar-refractivity contribution >= 4 is 31.5 Å². The van der Waals surface area contributed by atoms with Crippen LogP contribution in [0.5, 0.6) is 0 Å². The van der Waals surface area contributed by atoms with Gasteiger partial charge in [0.2, 0.25) is 9.05 Å². The van der Waals surface area contributed by atoms with E-state index in [4.69, 9.17) is 15.4 Å². The summed E-state index contributed by atoms with van der Waals surface area (Å²) in [4.78, 5) is 0. The van der Waals surface area contributed by atoms with Crippen LogP contribution in [-0.2, 0) is 13.8 Å². The van der Waals surface area contributed by atoms with E-state index < -0.39 is 14.7 Å². The number of methoxy groups -OCH3 is 1. The highest BCUT2D eigenvalue weighted by Crippen LogP contribution is 2.32. The van der Waals surface area contributed by atoms with Gasteiger partial charge in [-0.3, -0.25) is 0 Å². The Bertz CT molecular complexity index is 244. The third-order valence-electron chi connectivity index (χ3n) is 1.94. The normalized spacial score (nSPS) is 30.8. The van der Waals surface area contributed by atoms with Crippen LogP contribution in [0.2, 0.25) is 0 Å². The molecule has 0 bridgehead atoms. The Balaban J connectivity index is 2.68. The first-order chi connectivity index (χ1) is 5.47. The van der Waals surface area contributed by atoms with Crippen molar-refractivity contribution in [1.82, 2.24) is 0 Å². The van der Waals surface area contributed by atoms with Gasteiger partial charge in [-0.2, -0.15) is 11.8 Å². The maximum absolute atomic E-state index is 10.8. The fraction of sp³-hybridized carbons (Fsp3) is 1.00. The SMILES string of the molecule is COC1(CS(=O)(=O)Cl)CCSC1. The molecule has 0 spiro atoms. The molecular formula is C6H11ClO3S2. The van der Waals surface area contributed by atoms with Crippen molar-refractivity contribution in [3.63, 3.8) is 0 Å². The largest absolute Gasteiger partial charge is 0.376 e. The second-order valence-corrected chi connectivity index (χ2v) is 6.76. The van der Waals surface area contributed by atoms with Crippen LogP contribution >= 0.6 is 22.4 Å². The zero-order chi connectivity index (χ0) is 9.24. The third-order valence-corrected chi connectivity index (χ3v) is 4.36. The van der Waals surface area contributed by atoms with E-state index in [2.05, 4.69) is 0 Å². The van der Waals surface area contributed by atoms with Crippen LogP contribution in [-0.4, -0.2) is 38.4 Å². The van der Waals surface area contributed by atoms with Crippen molar-refractivity contribution in [1.29, 1.82) is 0 Å². The van der Waals surface area contributed by atoms with Crippen molar-refractivity contribution in [2.75, 3.05) is 24.4 Å². The van der Waals surface area contributed by atoms with Gasteiger partial charge >= 0.3 is 0 Å². The number of rotatable bonds is 3. The summed E-state index contributed by atoms with van der Waals surface area (Å²) in [7, 11) is 3.26. The molecule has 0 aromatic carbocycles. The summed E-state index contributed by atoms with van der Waals surface area (Å²) in [6.07, 6.45) is 0.764. The monoisotopic (exact) mass is 230 g/mol. The molecular weight excluding hydrogens is 220 g/mol. The van der Waals surface area contributed by atoms with Crippen molar-refractivity contribution in [3.05, 3.63) is 0 Å². The minimum atomic E-state index is -3.44. The van der Waals surface area contributed by atoms with Crippen LogP contribution in [0.1, 0.15) is 6.42 Å². The van der Waals surface area contributed by atoms with E-state index in [1.54, 1.807) is 11.8 Å². The molecule has 1 fully saturated rings. The van der Waals surface area contributed by atoms with Gasteiger partial charge in [-0.15, -0.1) is 0 Å². The number of halogens is 1. The van der Waals surface area contributed by atoms with Crippen LogP contribution in [0.15, 0.2) is 0 Å². The van der Waals surface area contributed by atoms with Gasteiger partial charge in [0.05, 0.1) is 11.4 Å². The summed E-state index contributed by atoms with van der Waals surface area (Å²) in [5.74, 6) is 1.58. The molecule has 1 atom stereocenters. The zero-order valence-corrected chi connectivity index (χ0v) is 9.14. The number of hydrogen-bond donors (Lipinski definition) is 0. The first-order valence-corrected chi connectivity index (χ1v) is 7.16. The predicted octanol–water partition coefficient (Wildman–Crippen LogP) is 1.08. The van der Waals surface area contributed by atoms with Crippen molar-refractivity contribution in [2.45, 2.75) is 12.0 Å². The fourth-order valence-electron chi connectivity index (χ4n) is 1.24. The van der Waals surface area contributed by atoms with E-state index in [0.29, 0.717) is 0 Å². The molecule has 0 saturated carbocycles. The molecule has 0 aromatic rings. The number of hydrogen-bond acceptors (Lipinski definition) is 4. The highest BCUT2D eigenvalue weighted by molar-refractivity contribution is 8.13. The van der Waals surface area contributed by atoms with Crippen molar-refractivity contribution in [2.24, 2.45) is 0 Å². The molecule has 72 valence electrons. The average Bonchev–Trinajstić information content (AvgIpc) is 2.34. The van der Waals surface area contributed by atoms with Crippen molar-refractivity contribution < 1.29 is 13.2 Å². The van der Waals surface area contributed by atoms with Crippen LogP contribution in [0.25, 0.3) is 0 Å². The van der Waals surface area contributed by atoms with Crippen LogP contribution in [0.3, 0.4) is 0 Å². The van der Waals surface area contributed by atoms with Crippen LogP contribution < -0.4 is 0 Å². The van der Waals surface area contributed by atoms with Crippen molar-refractivity contribution in [3.8, 4) is 0 Å². The third kappa shape index (κ3) is 2.80. The Morgan fingerprint density at radius 1 is 1.67 bits per heavy atom. The van der Waals surface area contributed by atoms with Gasteiger partial charge in [0.25, 0.3) is 0 Å². The highest BCUT2D eigenvalue weighted by Gasteiger charge is 2.38. The molecule has 1 saturated heterocycles. The Hall–Kier alpha value is 0.550.